The molecule has 3 aromatic carbocycles. The van der Waals surface area contributed by atoms with E-state index in [1.54, 1.807) is 11.6 Å². The van der Waals surface area contributed by atoms with Crippen LogP contribution in [0.2, 0.25) is 0 Å². The SMILES string of the molecule is CCOc1ccc([C@@H]2Oc3ccccc3-n3c(-c4ccccc4C)c4c(=O)n(C)c(=O)n(C)c4c32)cc1. The molecule has 5 aromatic rings. The van der Waals surface area contributed by atoms with E-state index in [0.717, 1.165) is 39.5 Å². The number of benzene rings is 3. The van der Waals surface area contributed by atoms with Gasteiger partial charge in [0.15, 0.2) is 6.10 Å². The zero-order valence-electron chi connectivity index (χ0n) is 21.2. The Balaban J connectivity index is 1.80. The Morgan fingerprint density at radius 1 is 0.892 bits per heavy atom. The van der Waals surface area contributed by atoms with Crippen molar-refractivity contribution in [2.24, 2.45) is 14.1 Å². The summed E-state index contributed by atoms with van der Waals surface area (Å²) in [5, 5.41) is 0.491. The molecule has 0 bridgehead atoms. The van der Waals surface area contributed by atoms with Crippen LogP contribution >= 0.6 is 0 Å². The topological polar surface area (TPSA) is 67.4 Å². The Kier molecular flexibility index (Phi) is 5.30. The first-order valence-electron chi connectivity index (χ1n) is 12.3. The standard InChI is InChI=1S/C30H27N3O4/c1-5-36-20-16-14-19(15-17-20)28-27-26-24(29(34)32(4)30(35)31(26)3)25(21-11-7-6-10-18(21)2)33(27)22-12-8-9-13-23(22)37-28/h6-17,28H,5H2,1-4H3/t28-/m0/s1. The molecule has 1 atom stereocenters. The molecular formula is C30H27N3O4. The first-order chi connectivity index (χ1) is 17.9. The van der Waals surface area contributed by atoms with Crippen molar-refractivity contribution in [2.75, 3.05) is 6.61 Å². The fourth-order valence-corrected chi connectivity index (χ4v) is 5.34. The number of fused-ring (bicyclic) bond motifs is 5. The molecule has 0 unspecified atom stereocenters. The molecule has 3 heterocycles. The molecule has 2 aromatic heterocycles. The summed E-state index contributed by atoms with van der Waals surface area (Å²) in [6, 6.07) is 23.6. The van der Waals surface area contributed by atoms with Gasteiger partial charge < -0.3 is 14.0 Å². The Bertz CT molecular complexity index is 1790. The lowest BCUT2D eigenvalue weighted by molar-refractivity contribution is 0.229. The van der Waals surface area contributed by atoms with Gasteiger partial charge in [0, 0.05) is 19.7 Å². The van der Waals surface area contributed by atoms with E-state index in [4.69, 9.17) is 9.47 Å². The minimum absolute atomic E-state index is 0.332. The highest BCUT2D eigenvalue weighted by molar-refractivity contribution is 5.98. The number of rotatable bonds is 4. The van der Waals surface area contributed by atoms with E-state index in [1.165, 1.54) is 11.6 Å². The molecule has 1 aliphatic heterocycles. The highest BCUT2D eigenvalue weighted by Gasteiger charge is 2.36. The van der Waals surface area contributed by atoms with E-state index in [2.05, 4.69) is 4.57 Å². The fourth-order valence-electron chi connectivity index (χ4n) is 5.34. The predicted molar refractivity (Wildman–Crippen MR) is 144 cm³/mol. The van der Waals surface area contributed by atoms with E-state index in [1.807, 2.05) is 86.6 Å². The Morgan fingerprint density at radius 2 is 1.59 bits per heavy atom. The van der Waals surface area contributed by atoms with Gasteiger partial charge in [-0.1, -0.05) is 48.5 Å². The number of para-hydroxylation sites is 2. The second-order valence-corrected chi connectivity index (χ2v) is 9.28. The van der Waals surface area contributed by atoms with Gasteiger partial charge in [-0.05, 0) is 49.2 Å². The van der Waals surface area contributed by atoms with E-state index < -0.39 is 6.10 Å². The molecule has 7 nitrogen and oxygen atoms in total. The maximum Gasteiger partial charge on any atom is 0.331 e. The van der Waals surface area contributed by atoms with Crippen molar-refractivity contribution in [1.82, 2.24) is 13.7 Å². The number of hydrogen-bond donors (Lipinski definition) is 0. The van der Waals surface area contributed by atoms with Crippen LogP contribution in [0.1, 0.15) is 29.8 Å². The molecular weight excluding hydrogens is 466 g/mol. The number of aromatic nitrogens is 3. The summed E-state index contributed by atoms with van der Waals surface area (Å²) in [7, 11) is 3.24. The zero-order chi connectivity index (χ0) is 25.8. The molecule has 186 valence electrons. The molecule has 0 amide bonds. The van der Waals surface area contributed by atoms with Crippen LogP contribution in [0.5, 0.6) is 11.5 Å². The van der Waals surface area contributed by atoms with Crippen LogP contribution < -0.4 is 20.7 Å². The third-order valence-corrected chi connectivity index (χ3v) is 7.10. The van der Waals surface area contributed by atoms with Gasteiger partial charge in [-0.25, -0.2) is 4.79 Å². The average molecular weight is 494 g/mol. The van der Waals surface area contributed by atoms with Crippen LogP contribution in [-0.2, 0) is 14.1 Å². The van der Waals surface area contributed by atoms with Crippen LogP contribution in [0.3, 0.4) is 0 Å². The monoisotopic (exact) mass is 493 g/mol. The summed E-state index contributed by atoms with van der Waals surface area (Å²) in [5.41, 5.74) is 5.03. The number of nitrogens with zero attached hydrogens (tertiary/aromatic N) is 3. The molecule has 0 spiro atoms. The van der Waals surface area contributed by atoms with Gasteiger partial charge in [0.1, 0.15) is 11.5 Å². The van der Waals surface area contributed by atoms with Crippen LogP contribution in [0.25, 0.3) is 27.8 Å². The predicted octanol–water partition coefficient (Wildman–Crippen LogP) is 4.88. The smallest absolute Gasteiger partial charge is 0.331 e. The molecule has 0 fully saturated rings. The maximum atomic E-state index is 13.8. The van der Waals surface area contributed by atoms with Crippen LogP contribution in [-0.4, -0.2) is 20.3 Å². The van der Waals surface area contributed by atoms with Crippen molar-refractivity contribution in [2.45, 2.75) is 20.0 Å². The Morgan fingerprint density at radius 3 is 2.32 bits per heavy atom. The quantitative estimate of drug-likeness (QED) is 0.358. The zero-order valence-corrected chi connectivity index (χ0v) is 21.2. The van der Waals surface area contributed by atoms with Crippen molar-refractivity contribution < 1.29 is 9.47 Å². The average Bonchev–Trinajstić information content (AvgIpc) is 3.27. The van der Waals surface area contributed by atoms with Gasteiger partial charge in [-0.15, -0.1) is 0 Å². The molecule has 0 saturated carbocycles. The Hall–Kier alpha value is -4.52. The second-order valence-electron chi connectivity index (χ2n) is 9.28. The summed E-state index contributed by atoms with van der Waals surface area (Å²) >= 11 is 0. The summed E-state index contributed by atoms with van der Waals surface area (Å²) < 4.78 is 17.1. The van der Waals surface area contributed by atoms with Gasteiger partial charge in [0.2, 0.25) is 0 Å². The van der Waals surface area contributed by atoms with Gasteiger partial charge in [0.05, 0.1) is 34.6 Å². The Labute approximate surface area is 213 Å². The highest BCUT2D eigenvalue weighted by Crippen LogP contribution is 2.47. The third-order valence-electron chi connectivity index (χ3n) is 7.10. The van der Waals surface area contributed by atoms with Crippen molar-refractivity contribution in [3.63, 3.8) is 0 Å². The number of aryl methyl sites for hydroxylation is 2. The van der Waals surface area contributed by atoms with Crippen LogP contribution in [0, 0.1) is 6.92 Å². The molecule has 6 rings (SSSR count). The van der Waals surface area contributed by atoms with Gasteiger partial charge in [-0.3, -0.25) is 13.9 Å². The summed E-state index contributed by atoms with van der Waals surface area (Å²) in [6.07, 6.45) is -0.552. The molecule has 1 aliphatic rings. The van der Waals surface area contributed by atoms with Crippen molar-refractivity contribution in [1.29, 1.82) is 0 Å². The minimum atomic E-state index is -0.552. The molecule has 37 heavy (non-hydrogen) atoms. The van der Waals surface area contributed by atoms with E-state index in [-0.39, 0.29) is 11.2 Å². The molecule has 0 aliphatic carbocycles. The third kappa shape index (κ3) is 3.34. The largest absolute Gasteiger partial charge is 0.494 e. The maximum absolute atomic E-state index is 13.8. The van der Waals surface area contributed by atoms with Crippen molar-refractivity contribution in [3.8, 4) is 28.4 Å². The van der Waals surface area contributed by atoms with E-state index >= 15 is 0 Å². The molecule has 7 heteroatoms. The minimum Gasteiger partial charge on any atom is -0.494 e. The second kappa shape index (κ2) is 8.55. The summed E-state index contributed by atoms with van der Waals surface area (Å²) in [5.74, 6) is 1.47. The summed E-state index contributed by atoms with van der Waals surface area (Å²) in [6.45, 7) is 4.55. The lowest BCUT2D eigenvalue weighted by atomic mass is 10.0. The molecule has 0 radical (unpaired) electrons. The lowest BCUT2D eigenvalue weighted by Crippen LogP contribution is -2.37. The molecule has 0 N–H and O–H groups in total. The normalized spacial score (nSPS) is 14.2. The number of ether oxygens (including phenoxy) is 2. The van der Waals surface area contributed by atoms with Gasteiger partial charge in [0.25, 0.3) is 5.56 Å². The first kappa shape index (κ1) is 22.9. The van der Waals surface area contributed by atoms with Gasteiger partial charge >= 0.3 is 5.69 Å². The van der Waals surface area contributed by atoms with Crippen molar-refractivity contribution >= 4 is 10.9 Å². The lowest BCUT2D eigenvalue weighted by Gasteiger charge is -2.30. The molecule has 0 saturated heterocycles. The van der Waals surface area contributed by atoms with E-state index in [9.17, 15) is 9.59 Å². The summed E-state index contributed by atoms with van der Waals surface area (Å²) in [4.78, 5) is 26.9. The van der Waals surface area contributed by atoms with Crippen LogP contribution in [0.4, 0.5) is 0 Å². The first-order valence-corrected chi connectivity index (χ1v) is 12.3. The van der Waals surface area contributed by atoms with Crippen molar-refractivity contribution in [3.05, 3.63) is 110 Å². The fraction of sp³-hybridized carbons (Fsp3) is 0.200. The van der Waals surface area contributed by atoms with Gasteiger partial charge in [-0.2, -0.15) is 0 Å². The highest BCUT2D eigenvalue weighted by atomic mass is 16.5. The number of hydrogen-bond acceptors (Lipinski definition) is 4. The van der Waals surface area contributed by atoms with Crippen LogP contribution in [0.15, 0.2) is 82.4 Å². The van der Waals surface area contributed by atoms with E-state index in [0.29, 0.717) is 23.3 Å².